The molecule has 0 N–H and O–H groups in total. The number of carbonyl (C=O) groups is 1. The van der Waals surface area contributed by atoms with E-state index < -0.39 is 0 Å². The Labute approximate surface area is 123 Å². The highest BCUT2D eigenvalue weighted by Gasteiger charge is 2.22. The molecule has 0 radical (unpaired) electrons. The lowest BCUT2D eigenvalue weighted by Gasteiger charge is -1.99. The molecule has 0 aliphatic heterocycles. The van der Waals surface area contributed by atoms with E-state index in [9.17, 15) is 4.79 Å². The maximum absolute atomic E-state index is 12.0. The minimum absolute atomic E-state index is 0.00964. The van der Waals surface area contributed by atoms with E-state index in [1.54, 1.807) is 19.3 Å². The molecule has 0 atom stereocenters. The average Bonchev–Trinajstić information content (AvgIpc) is 2.87. The van der Waals surface area contributed by atoms with Gasteiger partial charge in [0.05, 0.1) is 5.56 Å². The second-order valence-corrected chi connectivity index (χ2v) is 4.92. The van der Waals surface area contributed by atoms with Gasteiger partial charge in [0, 0.05) is 29.1 Å². The highest BCUT2D eigenvalue weighted by molar-refractivity contribution is 6.02. The van der Waals surface area contributed by atoms with Crippen LogP contribution in [0.1, 0.15) is 22.8 Å². The number of aromatic nitrogens is 1. The number of furan rings is 1. The highest BCUT2D eigenvalue weighted by atomic mass is 16.3. The molecular weight excluding hydrogens is 262 g/mol. The first kappa shape index (κ1) is 13.3. The summed E-state index contributed by atoms with van der Waals surface area (Å²) in [4.78, 5) is 16.0. The van der Waals surface area contributed by atoms with Crippen LogP contribution in [0.4, 0.5) is 0 Å². The fraction of sp³-hybridized carbons (Fsp3) is 0.111. The van der Waals surface area contributed by atoms with Gasteiger partial charge < -0.3 is 4.42 Å². The van der Waals surface area contributed by atoms with Gasteiger partial charge in [-0.25, -0.2) is 0 Å². The maximum atomic E-state index is 12.0. The normalized spacial score (nSPS) is 10.6. The van der Waals surface area contributed by atoms with Crippen molar-refractivity contribution in [2.75, 3.05) is 0 Å². The number of benzene rings is 1. The lowest BCUT2D eigenvalue weighted by molar-refractivity contribution is 0.101. The molecule has 3 nitrogen and oxygen atoms in total. The minimum atomic E-state index is 0.00964. The summed E-state index contributed by atoms with van der Waals surface area (Å²) >= 11 is 0. The van der Waals surface area contributed by atoms with Gasteiger partial charge in [-0.1, -0.05) is 30.3 Å². The smallest absolute Gasteiger partial charge is 0.163 e. The van der Waals surface area contributed by atoms with Crippen LogP contribution < -0.4 is 0 Å². The van der Waals surface area contributed by atoms with Crippen molar-refractivity contribution in [2.24, 2.45) is 0 Å². The van der Waals surface area contributed by atoms with Crippen molar-refractivity contribution in [3.05, 3.63) is 66.0 Å². The van der Waals surface area contributed by atoms with Crippen molar-refractivity contribution in [3.8, 4) is 22.6 Å². The molecule has 3 rings (SSSR count). The van der Waals surface area contributed by atoms with Crippen LogP contribution in [0.25, 0.3) is 22.6 Å². The van der Waals surface area contributed by atoms with Crippen LogP contribution in [0.3, 0.4) is 0 Å². The average molecular weight is 277 g/mol. The summed E-state index contributed by atoms with van der Waals surface area (Å²) < 4.78 is 6.03. The zero-order valence-electron chi connectivity index (χ0n) is 12.0. The van der Waals surface area contributed by atoms with E-state index in [-0.39, 0.29) is 5.78 Å². The van der Waals surface area contributed by atoms with Crippen LogP contribution >= 0.6 is 0 Å². The summed E-state index contributed by atoms with van der Waals surface area (Å²) in [6.45, 7) is 3.49. The molecule has 0 saturated heterocycles. The standard InChI is InChI=1S/C18H15NO2/c1-12-16(13(2)20)18(14-6-4-3-5-7-14)21-17(12)15-8-10-19-11-9-15/h3-11H,1-2H3. The van der Waals surface area contributed by atoms with Gasteiger partial charge >= 0.3 is 0 Å². The topological polar surface area (TPSA) is 43.1 Å². The Morgan fingerprint density at radius 2 is 1.57 bits per heavy atom. The third kappa shape index (κ3) is 2.38. The van der Waals surface area contributed by atoms with Gasteiger partial charge in [0.25, 0.3) is 0 Å². The number of carbonyl (C=O) groups excluding carboxylic acids is 1. The summed E-state index contributed by atoms with van der Waals surface area (Å²) in [6.07, 6.45) is 3.43. The summed E-state index contributed by atoms with van der Waals surface area (Å²) in [6, 6.07) is 13.5. The summed E-state index contributed by atoms with van der Waals surface area (Å²) in [5, 5.41) is 0. The van der Waals surface area contributed by atoms with Gasteiger partial charge in [-0.15, -0.1) is 0 Å². The van der Waals surface area contributed by atoms with Gasteiger partial charge in [-0.3, -0.25) is 9.78 Å². The molecule has 0 bridgehead atoms. The first-order chi connectivity index (χ1) is 10.2. The van der Waals surface area contributed by atoms with E-state index >= 15 is 0 Å². The molecule has 0 aliphatic rings. The van der Waals surface area contributed by atoms with Gasteiger partial charge in [0.15, 0.2) is 5.78 Å². The van der Waals surface area contributed by atoms with Crippen LogP contribution in [0.15, 0.2) is 59.3 Å². The molecule has 0 unspecified atom stereocenters. The van der Waals surface area contributed by atoms with Gasteiger partial charge in [-0.2, -0.15) is 0 Å². The Kier molecular flexibility index (Phi) is 3.40. The van der Waals surface area contributed by atoms with Gasteiger partial charge in [-0.05, 0) is 26.0 Å². The second-order valence-electron chi connectivity index (χ2n) is 4.92. The molecule has 0 amide bonds. The minimum Gasteiger partial charge on any atom is -0.455 e. The molecule has 0 saturated carbocycles. The summed E-state index contributed by atoms with van der Waals surface area (Å²) in [7, 11) is 0. The van der Waals surface area contributed by atoms with Gasteiger partial charge in [0.1, 0.15) is 11.5 Å². The third-order valence-electron chi connectivity index (χ3n) is 3.48. The van der Waals surface area contributed by atoms with Crippen molar-refractivity contribution in [2.45, 2.75) is 13.8 Å². The molecule has 1 aromatic carbocycles. The number of pyridine rings is 1. The Bertz CT molecular complexity index is 774. The molecule has 0 spiro atoms. The molecule has 0 fully saturated rings. The maximum Gasteiger partial charge on any atom is 0.163 e. The molecule has 2 aromatic heterocycles. The molecule has 3 aromatic rings. The molecule has 2 heterocycles. The van der Waals surface area contributed by atoms with E-state index in [2.05, 4.69) is 4.98 Å². The van der Waals surface area contributed by atoms with Gasteiger partial charge in [0.2, 0.25) is 0 Å². The number of hydrogen-bond donors (Lipinski definition) is 0. The van der Waals surface area contributed by atoms with Crippen LogP contribution in [0.5, 0.6) is 0 Å². The van der Waals surface area contributed by atoms with Crippen LogP contribution in [0.2, 0.25) is 0 Å². The van der Waals surface area contributed by atoms with E-state index in [4.69, 9.17) is 4.42 Å². The third-order valence-corrected chi connectivity index (χ3v) is 3.48. The first-order valence-electron chi connectivity index (χ1n) is 6.78. The molecule has 0 aliphatic carbocycles. The van der Waals surface area contributed by atoms with Crippen LogP contribution in [-0.4, -0.2) is 10.8 Å². The lowest BCUT2D eigenvalue weighted by Crippen LogP contribution is -1.95. The Morgan fingerprint density at radius 1 is 0.952 bits per heavy atom. The quantitative estimate of drug-likeness (QED) is 0.661. The largest absolute Gasteiger partial charge is 0.455 e. The zero-order valence-corrected chi connectivity index (χ0v) is 12.0. The number of nitrogens with zero attached hydrogens (tertiary/aromatic N) is 1. The second kappa shape index (κ2) is 5.37. The van der Waals surface area contributed by atoms with Crippen molar-refractivity contribution in [3.63, 3.8) is 0 Å². The zero-order chi connectivity index (χ0) is 14.8. The highest BCUT2D eigenvalue weighted by Crippen LogP contribution is 2.36. The van der Waals surface area contributed by atoms with E-state index in [0.717, 1.165) is 22.5 Å². The SMILES string of the molecule is CC(=O)c1c(-c2ccccc2)oc(-c2ccncc2)c1C. The number of Topliss-reactive ketones (excluding diaryl/α,β-unsaturated/α-hetero) is 1. The number of hydrogen-bond acceptors (Lipinski definition) is 3. The number of rotatable bonds is 3. The van der Waals surface area contributed by atoms with E-state index in [0.29, 0.717) is 11.3 Å². The first-order valence-corrected chi connectivity index (χ1v) is 6.78. The van der Waals surface area contributed by atoms with Crippen LogP contribution in [-0.2, 0) is 0 Å². The fourth-order valence-corrected chi connectivity index (χ4v) is 2.51. The summed E-state index contributed by atoms with van der Waals surface area (Å²) in [5.41, 5.74) is 3.35. The molecule has 104 valence electrons. The summed E-state index contributed by atoms with van der Waals surface area (Å²) in [5.74, 6) is 1.37. The van der Waals surface area contributed by atoms with Crippen molar-refractivity contribution in [1.82, 2.24) is 4.98 Å². The Hall–Kier alpha value is -2.68. The fourth-order valence-electron chi connectivity index (χ4n) is 2.51. The van der Waals surface area contributed by atoms with Crippen molar-refractivity contribution >= 4 is 5.78 Å². The molecule has 21 heavy (non-hydrogen) atoms. The Balaban J connectivity index is 2.24. The Morgan fingerprint density at radius 3 is 2.19 bits per heavy atom. The predicted octanol–water partition coefficient (Wildman–Crippen LogP) is 4.52. The molecule has 3 heteroatoms. The van der Waals surface area contributed by atoms with E-state index in [1.807, 2.05) is 49.4 Å². The van der Waals surface area contributed by atoms with Crippen LogP contribution in [0, 0.1) is 6.92 Å². The van der Waals surface area contributed by atoms with E-state index in [1.165, 1.54) is 0 Å². The number of ketones is 1. The monoisotopic (exact) mass is 277 g/mol. The van der Waals surface area contributed by atoms with Crippen molar-refractivity contribution in [1.29, 1.82) is 0 Å². The lowest BCUT2D eigenvalue weighted by atomic mass is 10.0. The van der Waals surface area contributed by atoms with Crippen molar-refractivity contribution < 1.29 is 9.21 Å². The predicted molar refractivity (Wildman–Crippen MR) is 82.1 cm³/mol. The molecular formula is C18H15NO2.